The van der Waals surface area contributed by atoms with Crippen molar-refractivity contribution in [2.75, 3.05) is 6.54 Å². The van der Waals surface area contributed by atoms with Gasteiger partial charge in [-0.3, -0.25) is 0 Å². The van der Waals surface area contributed by atoms with E-state index in [4.69, 9.17) is 17.3 Å². The lowest BCUT2D eigenvalue weighted by Crippen LogP contribution is -2.08. The summed E-state index contributed by atoms with van der Waals surface area (Å²) in [5.41, 5.74) is 6.41. The van der Waals surface area contributed by atoms with Gasteiger partial charge in [0.2, 0.25) is 9.84 Å². The molecule has 0 bridgehead atoms. The zero-order valence-corrected chi connectivity index (χ0v) is 16.5. The average molecular weight is 411 g/mol. The zero-order valence-electron chi connectivity index (χ0n) is 13.3. The second kappa shape index (κ2) is 6.10. The second-order valence-corrected chi connectivity index (χ2v) is 10.3. The number of fused-ring (bicyclic) bond motifs is 2. The molecule has 0 aliphatic carbocycles. The summed E-state index contributed by atoms with van der Waals surface area (Å²) in [6.45, 7) is 2.89. The van der Waals surface area contributed by atoms with E-state index in [9.17, 15) is 8.42 Å². The van der Waals surface area contributed by atoms with Crippen LogP contribution in [-0.4, -0.2) is 19.5 Å². The van der Waals surface area contributed by atoms with E-state index in [2.05, 4.69) is 0 Å². The number of rotatable bonds is 4. The minimum absolute atomic E-state index is 0.345. The van der Waals surface area contributed by atoms with Crippen LogP contribution in [0.2, 0.25) is 5.02 Å². The molecule has 0 radical (unpaired) electrons. The molecule has 0 atom stereocenters. The fourth-order valence-corrected chi connectivity index (χ4v) is 7.51. The summed E-state index contributed by atoms with van der Waals surface area (Å²) >= 11 is 8.89. The van der Waals surface area contributed by atoms with E-state index < -0.39 is 9.84 Å². The molecular formula is C17H15ClN2O2S3. The first-order valence-corrected chi connectivity index (χ1v) is 11.2. The Morgan fingerprint density at radius 2 is 2.04 bits per heavy atom. The molecule has 4 aromatic rings. The summed E-state index contributed by atoms with van der Waals surface area (Å²) in [6, 6.07) is 7.33. The predicted molar refractivity (Wildman–Crippen MR) is 106 cm³/mol. The molecule has 4 nitrogen and oxygen atoms in total. The summed E-state index contributed by atoms with van der Waals surface area (Å²) < 4.78 is 30.0. The van der Waals surface area contributed by atoms with Crippen molar-refractivity contribution in [2.24, 2.45) is 5.73 Å². The Hall–Kier alpha value is -1.38. The van der Waals surface area contributed by atoms with Gasteiger partial charge in [0.15, 0.2) is 0 Å². The van der Waals surface area contributed by atoms with Crippen LogP contribution >= 0.6 is 34.3 Å². The first-order chi connectivity index (χ1) is 11.9. The lowest BCUT2D eigenvalue weighted by molar-refractivity contribution is 0.597. The summed E-state index contributed by atoms with van der Waals surface area (Å²) in [7, 11) is -3.62. The Balaban J connectivity index is 1.97. The molecule has 0 aliphatic heterocycles. The normalized spacial score (nSPS) is 12.4. The van der Waals surface area contributed by atoms with Crippen LogP contribution in [0.3, 0.4) is 0 Å². The largest absolute Gasteiger partial charge is 0.337 e. The van der Waals surface area contributed by atoms with Crippen LogP contribution in [0.25, 0.3) is 20.3 Å². The maximum atomic E-state index is 13.4. The molecule has 0 fully saturated rings. The van der Waals surface area contributed by atoms with Crippen molar-refractivity contribution in [2.45, 2.75) is 22.6 Å². The van der Waals surface area contributed by atoms with Crippen LogP contribution in [0.5, 0.6) is 0 Å². The lowest BCUT2D eigenvalue weighted by Gasteiger charge is -2.02. The highest BCUT2D eigenvalue weighted by Gasteiger charge is 2.28. The van der Waals surface area contributed by atoms with E-state index in [-0.39, 0.29) is 0 Å². The highest BCUT2D eigenvalue weighted by atomic mass is 35.5. The molecule has 1 aromatic carbocycles. The molecule has 3 heterocycles. The van der Waals surface area contributed by atoms with Gasteiger partial charge in [0.1, 0.15) is 9.04 Å². The van der Waals surface area contributed by atoms with Crippen LogP contribution in [0.1, 0.15) is 5.56 Å². The minimum atomic E-state index is -3.62. The summed E-state index contributed by atoms with van der Waals surface area (Å²) in [5.74, 6) is 0. The number of aryl methyl sites for hydroxylation is 1. The van der Waals surface area contributed by atoms with Crippen molar-refractivity contribution >= 4 is 64.4 Å². The minimum Gasteiger partial charge on any atom is -0.337 e. The fourth-order valence-electron chi connectivity index (χ4n) is 3.03. The number of hydrogen-bond acceptors (Lipinski definition) is 5. The van der Waals surface area contributed by atoms with Gasteiger partial charge in [0.05, 0.1) is 4.90 Å². The van der Waals surface area contributed by atoms with E-state index in [1.807, 2.05) is 35.1 Å². The van der Waals surface area contributed by atoms with E-state index in [1.165, 1.54) is 22.7 Å². The molecule has 0 spiro atoms. The molecule has 130 valence electrons. The van der Waals surface area contributed by atoms with Crippen molar-refractivity contribution in [3.05, 3.63) is 46.4 Å². The van der Waals surface area contributed by atoms with Gasteiger partial charge in [-0.2, -0.15) is 0 Å². The van der Waals surface area contributed by atoms with Gasteiger partial charge >= 0.3 is 0 Å². The molecule has 0 saturated heterocycles. The molecular weight excluding hydrogens is 396 g/mol. The van der Waals surface area contributed by atoms with E-state index in [0.29, 0.717) is 27.2 Å². The summed E-state index contributed by atoms with van der Waals surface area (Å²) in [5, 5.41) is 4.16. The molecule has 0 aliphatic rings. The quantitative estimate of drug-likeness (QED) is 0.531. The topological polar surface area (TPSA) is 65.1 Å². The number of halogens is 1. The number of thiophene rings is 2. The lowest BCUT2D eigenvalue weighted by atomic mass is 10.2. The molecule has 3 aromatic heterocycles. The number of nitrogens with zero attached hydrogens (tertiary/aromatic N) is 1. The van der Waals surface area contributed by atoms with E-state index in [0.717, 1.165) is 25.9 Å². The van der Waals surface area contributed by atoms with Crippen molar-refractivity contribution in [3.63, 3.8) is 0 Å². The third-order valence-electron chi connectivity index (χ3n) is 4.20. The van der Waals surface area contributed by atoms with Crippen molar-refractivity contribution in [1.82, 2.24) is 4.57 Å². The van der Waals surface area contributed by atoms with Gasteiger partial charge in [0.25, 0.3) is 0 Å². The van der Waals surface area contributed by atoms with Crippen molar-refractivity contribution in [1.29, 1.82) is 0 Å². The SMILES string of the molecule is Cc1c(S(=O)(=O)c2cn(CCN)c3sccc23)sc2ccc(Cl)cc12. The molecule has 2 N–H and O–H groups in total. The zero-order chi connectivity index (χ0) is 17.8. The first-order valence-electron chi connectivity index (χ1n) is 7.63. The van der Waals surface area contributed by atoms with Crippen LogP contribution in [0.15, 0.2) is 44.9 Å². The Kier molecular flexibility index (Phi) is 4.16. The Morgan fingerprint density at radius 3 is 2.80 bits per heavy atom. The number of nitrogens with two attached hydrogens (primary N) is 1. The Bertz CT molecular complexity index is 1200. The molecule has 4 rings (SSSR count). The van der Waals surface area contributed by atoms with Crippen LogP contribution < -0.4 is 5.73 Å². The number of hydrogen-bond donors (Lipinski definition) is 1. The van der Waals surface area contributed by atoms with Crippen LogP contribution in [0.4, 0.5) is 0 Å². The fraction of sp³-hybridized carbons (Fsp3) is 0.176. The van der Waals surface area contributed by atoms with Gasteiger partial charge in [0, 0.05) is 34.4 Å². The predicted octanol–water partition coefficient (Wildman–Crippen LogP) is 4.67. The summed E-state index contributed by atoms with van der Waals surface area (Å²) in [4.78, 5) is 1.28. The van der Waals surface area contributed by atoms with Gasteiger partial charge in [-0.05, 0) is 47.5 Å². The van der Waals surface area contributed by atoms with Gasteiger partial charge in [-0.25, -0.2) is 8.42 Å². The van der Waals surface area contributed by atoms with Crippen LogP contribution in [-0.2, 0) is 16.4 Å². The molecule has 0 amide bonds. The maximum Gasteiger partial charge on any atom is 0.218 e. The van der Waals surface area contributed by atoms with E-state index in [1.54, 1.807) is 12.3 Å². The third kappa shape index (κ3) is 2.62. The van der Waals surface area contributed by atoms with Gasteiger partial charge in [-0.15, -0.1) is 22.7 Å². The second-order valence-electron chi connectivity index (χ2n) is 5.77. The number of aromatic nitrogens is 1. The Morgan fingerprint density at radius 1 is 1.24 bits per heavy atom. The van der Waals surface area contributed by atoms with Crippen molar-refractivity contribution in [3.8, 4) is 0 Å². The molecule has 0 saturated carbocycles. The van der Waals surface area contributed by atoms with Crippen molar-refractivity contribution < 1.29 is 8.42 Å². The third-order valence-corrected chi connectivity index (χ3v) is 9.06. The Labute approximate surface area is 158 Å². The molecule has 0 unspecified atom stereocenters. The standard InChI is InChI=1S/C17H15ClN2O2S3/c1-10-13-8-11(18)2-3-14(13)24-17(10)25(21,22)15-9-20(6-5-19)16-12(15)4-7-23-16/h2-4,7-9H,5-6,19H2,1H3. The van der Waals surface area contributed by atoms with E-state index >= 15 is 0 Å². The highest BCUT2D eigenvalue weighted by Crippen LogP contribution is 2.41. The average Bonchev–Trinajstić information content (AvgIpc) is 3.24. The van der Waals surface area contributed by atoms with Gasteiger partial charge < -0.3 is 10.3 Å². The van der Waals surface area contributed by atoms with Crippen LogP contribution in [0, 0.1) is 6.92 Å². The first kappa shape index (κ1) is 17.1. The molecule has 8 heteroatoms. The maximum absolute atomic E-state index is 13.4. The van der Waals surface area contributed by atoms with Gasteiger partial charge in [-0.1, -0.05) is 11.6 Å². The smallest absolute Gasteiger partial charge is 0.218 e. The monoisotopic (exact) mass is 410 g/mol. The number of sulfone groups is 1. The summed E-state index contributed by atoms with van der Waals surface area (Å²) in [6.07, 6.45) is 1.71. The number of benzene rings is 1. The highest BCUT2D eigenvalue weighted by molar-refractivity contribution is 7.94. The molecule has 25 heavy (non-hydrogen) atoms.